The average Bonchev–Trinajstić information content (AvgIpc) is 3.02. The minimum Gasteiger partial charge on any atom is -0.393 e. The Morgan fingerprint density at radius 2 is 1.69 bits per heavy atom. The molecule has 8 atom stereocenters. The van der Waals surface area contributed by atoms with Crippen molar-refractivity contribution in [2.75, 3.05) is 26.4 Å². The van der Waals surface area contributed by atoms with E-state index in [-0.39, 0.29) is 19.8 Å². The summed E-state index contributed by atoms with van der Waals surface area (Å²) in [5, 5.41) is 59.5. The second kappa shape index (κ2) is 9.75. The van der Waals surface area contributed by atoms with Crippen molar-refractivity contribution in [3.63, 3.8) is 0 Å². The summed E-state index contributed by atoms with van der Waals surface area (Å²) in [5.41, 5.74) is -0.808. The van der Waals surface area contributed by atoms with E-state index in [2.05, 4.69) is 0 Å². The normalized spacial score (nSPS) is 40.3. The predicted molar refractivity (Wildman–Crippen MR) is 96.5 cm³/mol. The monoisotopic (exact) mass is 416 g/mol. The third-order valence-corrected chi connectivity index (χ3v) is 5.19. The van der Waals surface area contributed by atoms with Crippen LogP contribution < -0.4 is 0 Å². The maximum Gasteiger partial charge on any atom is 0.186 e. The molecule has 0 saturated carbocycles. The van der Waals surface area contributed by atoms with Gasteiger partial charge in [-0.15, -0.1) is 0 Å². The summed E-state index contributed by atoms with van der Waals surface area (Å²) < 4.78 is 21.6. The fourth-order valence-electron chi connectivity index (χ4n) is 3.25. The van der Waals surface area contributed by atoms with E-state index in [1.54, 1.807) is 0 Å². The van der Waals surface area contributed by atoms with Crippen LogP contribution in [0.3, 0.4) is 0 Å². The summed E-state index contributed by atoms with van der Waals surface area (Å²) in [7, 11) is 0. The summed E-state index contributed by atoms with van der Waals surface area (Å²) in [4.78, 5) is 0. The fraction of sp³-hybridized carbons (Fsp3) is 0.684. The molecule has 1 aromatic carbocycles. The van der Waals surface area contributed by atoms with Gasteiger partial charge in [0.15, 0.2) is 12.6 Å². The minimum absolute atomic E-state index is 0.218. The van der Waals surface area contributed by atoms with Crippen molar-refractivity contribution in [3.05, 3.63) is 35.9 Å². The van der Waals surface area contributed by atoms with Crippen LogP contribution in [0, 0.1) is 0 Å². The van der Waals surface area contributed by atoms with Gasteiger partial charge in [-0.05, 0) is 12.0 Å². The molecule has 10 heteroatoms. The SMILES string of the molecule is OC[C@@]1(O)CO[C@@H](OC[C@H]2O[C@@H](OCCc3ccccc3)[C@H](O)[C@@H](O)[C@@H]2O)[C@@H]1O. The quantitative estimate of drug-likeness (QED) is 0.268. The number of rotatable bonds is 8. The highest BCUT2D eigenvalue weighted by molar-refractivity contribution is 5.14. The lowest BCUT2D eigenvalue weighted by Crippen LogP contribution is -2.59. The molecule has 10 nitrogen and oxygen atoms in total. The molecule has 164 valence electrons. The highest BCUT2D eigenvalue weighted by atomic mass is 16.7. The van der Waals surface area contributed by atoms with Crippen molar-refractivity contribution >= 4 is 0 Å². The molecular formula is C19H28O10. The van der Waals surface area contributed by atoms with Gasteiger partial charge in [0, 0.05) is 0 Å². The van der Waals surface area contributed by atoms with Gasteiger partial charge in [-0.2, -0.15) is 0 Å². The Morgan fingerprint density at radius 3 is 2.34 bits per heavy atom. The molecule has 0 radical (unpaired) electrons. The van der Waals surface area contributed by atoms with E-state index in [4.69, 9.17) is 24.1 Å². The number of aliphatic hydroxyl groups excluding tert-OH is 5. The van der Waals surface area contributed by atoms with Crippen LogP contribution in [0.1, 0.15) is 5.56 Å². The van der Waals surface area contributed by atoms with Gasteiger partial charge in [-0.25, -0.2) is 0 Å². The molecule has 0 bridgehead atoms. The van der Waals surface area contributed by atoms with Crippen LogP contribution in [-0.4, -0.2) is 106 Å². The van der Waals surface area contributed by atoms with E-state index in [0.717, 1.165) is 5.56 Å². The Kier molecular flexibility index (Phi) is 7.57. The number of benzene rings is 1. The van der Waals surface area contributed by atoms with Gasteiger partial charge in [0.25, 0.3) is 0 Å². The predicted octanol–water partition coefficient (Wildman–Crippen LogP) is -2.49. The average molecular weight is 416 g/mol. The van der Waals surface area contributed by atoms with Crippen LogP contribution in [0.4, 0.5) is 0 Å². The van der Waals surface area contributed by atoms with Gasteiger partial charge in [-0.1, -0.05) is 30.3 Å². The van der Waals surface area contributed by atoms with Crippen LogP contribution >= 0.6 is 0 Å². The van der Waals surface area contributed by atoms with Gasteiger partial charge in [-0.3, -0.25) is 0 Å². The van der Waals surface area contributed by atoms with Gasteiger partial charge < -0.3 is 49.6 Å². The van der Waals surface area contributed by atoms with Crippen molar-refractivity contribution < 1.29 is 49.6 Å². The van der Waals surface area contributed by atoms with E-state index >= 15 is 0 Å². The van der Waals surface area contributed by atoms with Gasteiger partial charge in [0.2, 0.25) is 0 Å². The lowest BCUT2D eigenvalue weighted by molar-refractivity contribution is -0.309. The molecule has 0 unspecified atom stereocenters. The first-order valence-corrected chi connectivity index (χ1v) is 9.45. The number of hydrogen-bond donors (Lipinski definition) is 6. The number of aliphatic hydroxyl groups is 6. The van der Waals surface area contributed by atoms with Crippen LogP contribution in [0.15, 0.2) is 30.3 Å². The standard InChI is InChI=1S/C19H28O10/c20-9-19(25)10-28-18(16(19)24)27-8-12-13(21)14(22)15(23)17(29-12)26-7-6-11-4-2-1-3-5-11/h1-5,12-18,20-25H,6-10H2/t12-,13-,14+,15-,16+,17-,18-,19-/m1/s1. The van der Waals surface area contributed by atoms with Crippen LogP contribution in [0.25, 0.3) is 0 Å². The minimum atomic E-state index is -1.84. The van der Waals surface area contributed by atoms with Crippen LogP contribution in [0.2, 0.25) is 0 Å². The third-order valence-electron chi connectivity index (χ3n) is 5.19. The van der Waals surface area contributed by atoms with Crippen LogP contribution in [0.5, 0.6) is 0 Å². The molecule has 6 N–H and O–H groups in total. The molecule has 0 spiro atoms. The first-order chi connectivity index (χ1) is 13.9. The second-order valence-corrected chi connectivity index (χ2v) is 7.34. The second-order valence-electron chi connectivity index (χ2n) is 7.34. The highest BCUT2D eigenvalue weighted by Crippen LogP contribution is 2.27. The molecule has 2 fully saturated rings. The van der Waals surface area contributed by atoms with Crippen molar-refractivity contribution in [3.8, 4) is 0 Å². The Balaban J connectivity index is 1.52. The molecule has 29 heavy (non-hydrogen) atoms. The number of hydrogen-bond acceptors (Lipinski definition) is 10. The molecule has 0 aromatic heterocycles. The topological polar surface area (TPSA) is 158 Å². The van der Waals surface area contributed by atoms with Crippen molar-refractivity contribution in [2.45, 2.75) is 55.1 Å². The largest absolute Gasteiger partial charge is 0.393 e. The molecule has 2 heterocycles. The summed E-state index contributed by atoms with van der Waals surface area (Å²) in [6.45, 7) is -1.13. The van der Waals surface area contributed by atoms with E-state index in [1.807, 2.05) is 30.3 Å². The molecular weight excluding hydrogens is 388 g/mol. The lowest BCUT2D eigenvalue weighted by Gasteiger charge is -2.40. The Morgan fingerprint density at radius 1 is 0.966 bits per heavy atom. The third kappa shape index (κ3) is 5.12. The molecule has 2 saturated heterocycles. The van der Waals surface area contributed by atoms with E-state index in [1.165, 1.54) is 0 Å². The first-order valence-electron chi connectivity index (χ1n) is 9.45. The summed E-state index contributed by atoms with van der Waals surface area (Å²) in [5.74, 6) is 0. The van der Waals surface area contributed by atoms with Gasteiger partial charge in [0.1, 0.15) is 36.1 Å². The van der Waals surface area contributed by atoms with E-state index < -0.39 is 55.3 Å². The smallest absolute Gasteiger partial charge is 0.186 e. The molecule has 2 aliphatic rings. The maximum absolute atomic E-state index is 10.2. The zero-order valence-electron chi connectivity index (χ0n) is 15.8. The van der Waals surface area contributed by atoms with Crippen molar-refractivity contribution in [2.24, 2.45) is 0 Å². The lowest BCUT2D eigenvalue weighted by atomic mass is 9.99. The van der Waals surface area contributed by atoms with Crippen molar-refractivity contribution in [1.29, 1.82) is 0 Å². The van der Waals surface area contributed by atoms with Crippen molar-refractivity contribution in [1.82, 2.24) is 0 Å². The zero-order chi connectivity index (χ0) is 21.0. The van der Waals surface area contributed by atoms with E-state index in [0.29, 0.717) is 6.42 Å². The van der Waals surface area contributed by atoms with Gasteiger partial charge in [0.05, 0.1) is 26.4 Å². The van der Waals surface area contributed by atoms with Crippen LogP contribution in [-0.2, 0) is 25.4 Å². The first kappa shape index (κ1) is 22.5. The summed E-state index contributed by atoms with van der Waals surface area (Å²) in [6, 6.07) is 9.54. The summed E-state index contributed by atoms with van der Waals surface area (Å²) in [6.07, 6.45) is -8.88. The molecule has 0 aliphatic carbocycles. The maximum atomic E-state index is 10.2. The molecule has 3 rings (SSSR count). The number of ether oxygens (including phenoxy) is 4. The summed E-state index contributed by atoms with van der Waals surface area (Å²) >= 11 is 0. The zero-order valence-corrected chi connectivity index (χ0v) is 15.8. The van der Waals surface area contributed by atoms with E-state index in [9.17, 15) is 25.5 Å². The Hall–Kier alpha value is -1.18. The fourth-order valence-corrected chi connectivity index (χ4v) is 3.25. The van der Waals surface area contributed by atoms with Gasteiger partial charge >= 0.3 is 0 Å². The molecule has 0 amide bonds. The highest BCUT2D eigenvalue weighted by Gasteiger charge is 2.50. The molecule has 2 aliphatic heterocycles. The Labute approximate surface area is 167 Å². The molecule has 1 aromatic rings. The Bertz CT molecular complexity index is 631.